The molecule has 0 saturated heterocycles. The normalized spacial score (nSPS) is 13.3. The Balaban J connectivity index is 2.29. The van der Waals surface area contributed by atoms with Crippen LogP contribution in [0.3, 0.4) is 0 Å². The van der Waals surface area contributed by atoms with E-state index in [1.54, 1.807) is 30.4 Å². The van der Waals surface area contributed by atoms with Crippen LogP contribution < -0.4 is 10.5 Å². The molecule has 0 bridgehead atoms. The summed E-state index contributed by atoms with van der Waals surface area (Å²) in [6.45, 7) is 5.59. The fraction of sp³-hybridized carbons (Fsp3) is 0.286. The summed E-state index contributed by atoms with van der Waals surface area (Å²) in [5, 5.41) is 0. The minimum atomic E-state index is -3.57. The largest absolute Gasteiger partial charge is 0.399 e. The van der Waals surface area contributed by atoms with Gasteiger partial charge in [-0.05, 0) is 50.6 Å². The van der Waals surface area contributed by atoms with E-state index in [-0.39, 0.29) is 10.9 Å². The second kappa shape index (κ2) is 5.55. The number of rotatable bonds is 4. The number of thiophene rings is 1. The fourth-order valence-corrected chi connectivity index (χ4v) is 4.40. The Kier molecular flexibility index (Phi) is 4.17. The number of nitrogens with one attached hydrogen (secondary N) is 1. The van der Waals surface area contributed by atoms with E-state index in [1.807, 2.05) is 26.0 Å². The van der Waals surface area contributed by atoms with Crippen LogP contribution in [0.5, 0.6) is 0 Å². The lowest BCUT2D eigenvalue weighted by Gasteiger charge is -2.14. The highest BCUT2D eigenvalue weighted by atomic mass is 32.2. The third-order valence-electron chi connectivity index (χ3n) is 3.02. The summed E-state index contributed by atoms with van der Waals surface area (Å²) in [4.78, 5) is 2.39. The average Bonchev–Trinajstić information content (AvgIpc) is 2.78. The molecule has 20 heavy (non-hydrogen) atoms. The minimum absolute atomic E-state index is 0.234. The van der Waals surface area contributed by atoms with E-state index in [9.17, 15) is 8.42 Å². The Morgan fingerprint density at radius 3 is 2.50 bits per heavy atom. The predicted molar refractivity (Wildman–Crippen MR) is 83.4 cm³/mol. The highest BCUT2D eigenvalue weighted by molar-refractivity contribution is 7.89. The Labute approximate surface area is 123 Å². The van der Waals surface area contributed by atoms with Crippen LogP contribution in [0.1, 0.15) is 28.3 Å². The van der Waals surface area contributed by atoms with Crippen LogP contribution in [0.4, 0.5) is 5.69 Å². The maximum Gasteiger partial charge on any atom is 0.241 e. The number of aryl methyl sites for hydroxylation is 2. The first-order valence-electron chi connectivity index (χ1n) is 6.24. The molecule has 1 atom stereocenters. The molecular formula is C14H18N2O2S2. The molecule has 1 unspecified atom stereocenters. The SMILES string of the molecule is Cc1ccc(C(C)NS(=O)(=O)c2cc(N)ccc2C)s1. The topological polar surface area (TPSA) is 72.2 Å². The van der Waals surface area contributed by atoms with Crippen LogP contribution in [0.2, 0.25) is 0 Å². The monoisotopic (exact) mass is 310 g/mol. The van der Waals surface area contributed by atoms with Crippen LogP contribution in [0.15, 0.2) is 35.2 Å². The van der Waals surface area contributed by atoms with Crippen molar-refractivity contribution in [3.63, 3.8) is 0 Å². The van der Waals surface area contributed by atoms with E-state index in [2.05, 4.69) is 4.72 Å². The number of sulfonamides is 1. The molecule has 4 nitrogen and oxygen atoms in total. The zero-order valence-corrected chi connectivity index (χ0v) is 13.3. The first kappa shape index (κ1) is 15.0. The summed E-state index contributed by atoms with van der Waals surface area (Å²) in [6.07, 6.45) is 0. The minimum Gasteiger partial charge on any atom is -0.399 e. The summed E-state index contributed by atoms with van der Waals surface area (Å²) in [5.74, 6) is 0. The summed E-state index contributed by atoms with van der Waals surface area (Å²) >= 11 is 1.59. The molecule has 0 spiro atoms. The van der Waals surface area contributed by atoms with Crippen molar-refractivity contribution < 1.29 is 8.42 Å². The Morgan fingerprint density at radius 1 is 1.20 bits per heavy atom. The summed E-state index contributed by atoms with van der Waals surface area (Å²) < 4.78 is 27.6. The van der Waals surface area contributed by atoms with E-state index >= 15 is 0 Å². The lowest BCUT2D eigenvalue weighted by molar-refractivity contribution is 0.568. The number of hydrogen-bond acceptors (Lipinski definition) is 4. The molecule has 2 rings (SSSR count). The van der Waals surface area contributed by atoms with Crippen molar-refractivity contribution in [3.05, 3.63) is 45.6 Å². The molecule has 0 radical (unpaired) electrons. The van der Waals surface area contributed by atoms with Crippen LogP contribution >= 0.6 is 11.3 Å². The van der Waals surface area contributed by atoms with Crippen LogP contribution in [0, 0.1) is 13.8 Å². The molecule has 6 heteroatoms. The van der Waals surface area contributed by atoms with Gasteiger partial charge in [0, 0.05) is 15.4 Å². The van der Waals surface area contributed by atoms with Crippen molar-refractivity contribution in [2.45, 2.75) is 31.7 Å². The molecular weight excluding hydrogens is 292 g/mol. The Hall–Kier alpha value is -1.37. The van der Waals surface area contributed by atoms with E-state index in [4.69, 9.17) is 5.73 Å². The quantitative estimate of drug-likeness (QED) is 0.853. The maximum absolute atomic E-state index is 12.4. The number of benzene rings is 1. The average molecular weight is 310 g/mol. The van der Waals surface area contributed by atoms with E-state index in [0.717, 1.165) is 9.75 Å². The van der Waals surface area contributed by atoms with Gasteiger partial charge in [-0.25, -0.2) is 13.1 Å². The van der Waals surface area contributed by atoms with Crippen molar-refractivity contribution in [1.29, 1.82) is 0 Å². The molecule has 0 aliphatic rings. The lowest BCUT2D eigenvalue weighted by Crippen LogP contribution is -2.27. The van der Waals surface area contributed by atoms with Gasteiger partial charge in [0.15, 0.2) is 0 Å². The molecule has 0 aliphatic heterocycles. The summed E-state index contributed by atoms with van der Waals surface area (Å²) in [6, 6.07) is 8.56. The first-order chi connectivity index (χ1) is 9.29. The van der Waals surface area contributed by atoms with E-state index in [1.165, 1.54) is 6.07 Å². The highest BCUT2D eigenvalue weighted by Crippen LogP contribution is 2.25. The van der Waals surface area contributed by atoms with Gasteiger partial charge in [-0.1, -0.05) is 6.07 Å². The second-order valence-corrected chi connectivity index (χ2v) is 7.82. The van der Waals surface area contributed by atoms with Crippen LogP contribution in [-0.4, -0.2) is 8.42 Å². The van der Waals surface area contributed by atoms with Crippen molar-refractivity contribution in [2.75, 3.05) is 5.73 Å². The smallest absolute Gasteiger partial charge is 0.241 e. The van der Waals surface area contributed by atoms with Gasteiger partial charge in [0.25, 0.3) is 0 Å². The van der Waals surface area contributed by atoms with Gasteiger partial charge in [-0.15, -0.1) is 11.3 Å². The molecule has 0 saturated carbocycles. The van der Waals surface area contributed by atoms with Gasteiger partial charge in [0.2, 0.25) is 10.0 Å². The number of hydrogen-bond donors (Lipinski definition) is 2. The number of anilines is 1. The number of nitrogen functional groups attached to an aromatic ring is 1. The molecule has 1 heterocycles. The van der Waals surface area contributed by atoms with Gasteiger partial charge in [0.1, 0.15) is 0 Å². The highest BCUT2D eigenvalue weighted by Gasteiger charge is 2.21. The third-order valence-corrected chi connectivity index (χ3v) is 5.89. The Morgan fingerprint density at radius 2 is 1.90 bits per heavy atom. The molecule has 2 aromatic rings. The fourth-order valence-electron chi connectivity index (χ4n) is 1.95. The predicted octanol–water partition coefficient (Wildman–Crippen LogP) is 2.99. The van der Waals surface area contributed by atoms with Gasteiger partial charge in [0.05, 0.1) is 10.9 Å². The second-order valence-electron chi connectivity index (χ2n) is 4.82. The van der Waals surface area contributed by atoms with Gasteiger partial charge in [-0.3, -0.25) is 0 Å². The number of nitrogens with two attached hydrogens (primary N) is 1. The van der Waals surface area contributed by atoms with Gasteiger partial charge < -0.3 is 5.73 Å². The molecule has 108 valence electrons. The molecule has 0 amide bonds. The molecule has 0 fully saturated rings. The van der Waals surface area contributed by atoms with E-state index in [0.29, 0.717) is 11.3 Å². The lowest BCUT2D eigenvalue weighted by atomic mass is 10.2. The zero-order chi connectivity index (χ0) is 14.9. The maximum atomic E-state index is 12.4. The zero-order valence-electron chi connectivity index (χ0n) is 11.7. The summed E-state index contributed by atoms with van der Waals surface area (Å²) in [5.41, 5.74) is 6.80. The van der Waals surface area contributed by atoms with E-state index < -0.39 is 10.0 Å². The summed E-state index contributed by atoms with van der Waals surface area (Å²) in [7, 11) is -3.57. The van der Waals surface area contributed by atoms with Crippen molar-refractivity contribution in [2.24, 2.45) is 0 Å². The standard InChI is InChI=1S/C14H18N2O2S2/c1-9-4-6-12(15)8-14(9)20(17,18)16-11(3)13-7-5-10(2)19-13/h4-8,11,16H,15H2,1-3H3. The van der Waals surface area contributed by atoms with Crippen molar-refractivity contribution >= 4 is 27.0 Å². The first-order valence-corrected chi connectivity index (χ1v) is 8.54. The molecule has 0 aliphatic carbocycles. The van der Waals surface area contributed by atoms with Crippen LogP contribution in [-0.2, 0) is 10.0 Å². The van der Waals surface area contributed by atoms with Crippen molar-refractivity contribution in [1.82, 2.24) is 4.72 Å². The molecule has 1 aromatic heterocycles. The third kappa shape index (κ3) is 3.20. The van der Waals surface area contributed by atoms with Gasteiger partial charge >= 0.3 is 0 Å². The van der Waals surface area contributed by atoms with Gasteiger partial charge in [-0.2, -0.15) is 0 Å². The van der Waals surface area contributed by atoms with Crippen molar-refractivity contribution in [3.8, 4) is 0 Å². The van der Waals surface area contributed by atoms with Crippen LogP contribution in [0.25, 0.3) is 0 Å². The molecule has 3 N–H and O–H groups in total. The molecule has 1 aromatic carbocycles. The Bertz CT molecular complexity index is 721.